The predicted molar refractivity (Wildman–Crippen MR) is 71.4 cm³/mol. The second-order valence-electron chi connectivity index (χ2n) is 4.21. The van der Waals surface area contributed by atoms with Crippen LogP contribution in [0.1, 0.15) is 12.8 Å². The maximum atomic E-state index is 6.01. The number of nitrogens with two attached hydrogens (primary N) is 1. The molecule has 2 rings (SSSR count). The van der Waals surface area contributed by atoms with Crippen molar-refractivity contribution in [3.8, 4) is 11.5 Å². The van der Waals surface area contributed by atoms with E-state index in [1.165, 1.54) is 0 Å². The Morgan fingerprint density at radius 2 is 2.22 bits per heavy atom. The van der Waals surface area contributed by atoms with Crippen LogP contribution in [0.15, 0.2) is 12.1 Å². The first-order chi connectivity index (χ1) is 8.81. The molecular formula is C13H20N2O3. The molecule has 0 saturated heterocycles. The lowest BCUT2D eigenvalue weighted by molar-refractivity contribution is 0.146. The highest BCUT2D eigenvalue weighted by Gasteiger charge is 2.12. The van der Waals surface area contributed by atoms with Gasteiger partial charge in [-0.25, -0.2) is 0 Å². The smallest absolute Gasteiger partial charge is 0.148 e. The van der Waals surface area contributed by atoms with Gasteiger partial charge < -0.3 is 25.3 Å². The van der Waals surface area contributed by atoms with Gasteiger partial charge in [-0.3, -0.25) is 0 Å². The standard InChI is InChI=1S/C13H20N2O3/c1-16-6-7-17-10-8-11(14)13-12(9-10)18-5-3-2-4-15-13/h8-9,15H,2-7,14H2,1H3. The maximum absolute atomic E-state index is 6.01. The molecule has 5 heteroatoms. The highest BCUT2D eigenvalue weighted by molar-refractivity contribution is 5.75. The molecule has 1 heterocycles. The zero-order valence-corrected chi connectivity index (χ0v) is 10.7. The zero-order chi connectivity index (χ0) is 12.8. The summed E-state index contributed by atoms with van der Waals surface area (Å²) >= 11 is 0. The van der Waals surface area contributed by atoms with Crippen LogP contribution in [0.25, 0.3) is 0 Å². The Hall–Kier alpha value is -1.62. The first-order valence-electron chi connectivity index (χ1n) is 6.23. The Morgan fingerprint density at radius 1 is 1.33 bits per heavy atom. The summed E-state index contributed by atoms with van der Waals surface area (Å²) in [7, 11) is 1.64. The molecule has 0 bridgehead atoms. The Balaban J connectivity index is 2.14. The van der Waals surface area contributed by atoms with Gasteiger partial charge in [0.05, 0.1) is 18.9 Å². The third-order valence-electron chi connectivity index (χ3n) is 2.79. The molecule has 0 spiro atoms. The van der Waals surface area contributed by atoms with Gasteiger partial charge in [0.2, 0.25) is 0 Å². The van der Waals surface area contributed by atoms with Crippen LogP contribution in [-0.2, 0) is 4.74 Å². The van der Waals surface area contributed by atoms with Crippen molar-refractivity contribution in [2.75, 3.05) is 44.5 Å². The fourth-order valence-corrected chi connectivity index (χ4v) is 1.86. The van der Waals surface area contributed by atoms with E-state index in [1.807, 2.05) is 12.1 Å². The second kappa shape index (κ2) is 6.35. The molecule has 1 aliphatic heterocycles. The number of anilines is 2. The van der Waals surface area contributed by atoms with Crippen molar-refractivity contribution < 1.29 is 14.2 Å². The summed E-state index contributed by atoms with van der Waals surface area (Å²) in [6, 6.07) is 3.69. The van der Waals surface area contributed by atoms with Gasteiger partial charge in [-0.2, -0.15) is 0 Å². The molecule has 0 amide bonds. The summed E-state index contributed by atoms with van der Waals surface area (Å²) in [6.45, 7) is 2.69. The highest BCUT2D eigenvalue weighted by Crippen LogP contribution is 2.36. The van der Waals surface area contributed by atoms with Gasteiger partial charge in [0.15, 0.2) is 0 Å². The van der Waals surface area contributed by atoms with Crippen LogP contribution in [-0.4, -0.2) is 33.5 Å². The summed E-state index contributed by atoms with van der Waals surface area (Å²) < 4.78 is 16.2. The first kappa shape index (κ1) is 12.8. The van der Waals surface area contributed by atoms with Crippen LogP contribution in [0.2, 0.25) is 0 Å². The summed E-state index contributed by atoms with van der Waals surface area (Å²) in [6.07, 6.45) is 2.13. The van der Waals surface area contributed by atoms with Crippen molar-refractivity contribution >= 4 is 11.4 Å². The second-order valence-corrected chi connectivity index (χ2v) is 4.21. The molecule has 5 nitrogen and oxygen atoms in total. The number of fused-ring (bicyclic) bond motifs is 1. The monoisotopic (exact) mass is 252 g/mol. The SMILES string of the molecule is COCCOc1cc(N)c2c(c1)OCCCCN2. The van der Waals surface area contributed by atoms with Gasteiger partial charge in [-0.1, -0.05) is 0 Å². The minimum Gasteiger partial charge on any atom is -0.491 e. The van der Waals surface area contributed by atoms with Gasteiger partial charge in [0.25, 0.3) is 0 Å². The number of ether oxygens (including phenoxy) is 3. The topological polar surface area (TPSA) is 65.7 Å². The van der Waals surface area contributed by atoms with Crippen molar-refractivity contribution in [1.82, 2.24) is 0 Å². The average molecular weight is 252 g/mol. The quantitative estimate of drug-likeness (QED) is 0.632. The minimum atomic E-state index is 0.502. The van der Waals surface area contributed by atoms with Crippen LogP contribution in [0.5, 0.6) is 11.5 Å². The number of hydrogen-bond acceptors (Lipinski definition) is 5. The van der Waals surface area contributed by atoms with Crippen molar-refractivity contribution in [2.45, 2.75) is 12.8 Å². The molecule has 100 valence electrons. The molecule has 1 aliphatic rings. The van der Waals surface area contributed by atoms with Crippen molar-refractivity contribution in [3.05, 3.63) is 12.1 Å². The molecule has 1 aromatic rings. The lowest BCUT2D eigenvalue weighted by atomic mass is 10.2. The predicted octanol–water partition coefficient (Wildman–Crippen LogP) is 1.88. The Labute approximate surface area is 107 Å². The maximum Gasteiger partial charge on any atom is 0.148 e. The zero-order valence-electron chi connectivity index (χ0n) is 10.7. The van der Waals surface area contributed by atoms with Crippen LogP contribution in [0.4, 0.5) is 11.4 Å². The number of benzene rings is 1. The Kier molecular flexibility index (Phi) is 4.52. The van der Waals surface area contributed by atoms with E-state index in [4.69, 9.17) is 19.9 Å². The average Bonchev–Trinajstić information content (AvgIpc) is 2.31. The third-order valence-corrected chi connectivity index (χ3v) is 2.79. The van der Waals surface area contributed by atoms with E-state index in [2.05, 4.69) is 5.32 Å². The van der Waals surface area contributed by atoms with Crippen LogP contribution in [0.3, 0.4) is 0 Å². The third kappa shape index (κ3) is 3.20. The first-order valence-corrected chi connectivity index (χ1v) is 6.23. The van der Waals surface area contributed by atoms with Gasteiger partial charge in [0, 0.05) is 25.8 Å². The number of nitrogen functional groups attached to an aromatic ring is 1. The molecule has 3 N–H and O–H groups in total. The van der Waals surface area contributed by atoms with Crippen molar-refractivity contribution in [2.24, 2.45) is 0 Å². The van der Waals surface area contributed by atoms with E-state index in [0.717, 1.165) is 37.4 Å². The number of nitrogens with one attached hydrogen (secondary N) is 1. The van der Waals surface area contributed by atoms with Gasteiger partial charge >= 0.3 is 0 Å². The Morgan fingerprint density at radius 3 is 3.06 bits per heavy atom. The van der Waals surface area contributed by atoms with E-state index in [-0.39, 0.29) is 0 Å². The van der Waals surface area contributed by atoms with Crippen LogP contribution >= 0.6 is 0 Å². The van der Waals surface area contributed by atoms with E-state index < -0.39 is 0 Å². The lowest BCUT2D eigenvalue weighted by Gasteiger charge is -2.19. The van der Waals surface area contributed by atoms with Crippen LogP contribution < -0.4 is 20.5 Å². The van der Waals surface area contributed by atoms with Crippen molar-refractivity contribution in [3.63, 3.8) is 0 Å². The molecule has 0 saturated carbocycles. The van der Waals surface area contributed by atoms with E-state index in [1.54, 1.807) is 7.11 Å². The molecule has 1 aromatic carbocycles. The normalized spacial score (nSPS) is 14.7. The fourth-order valence-electron chi connectivity index (χ4n) is 1.86. The largest absolute Gasteiger partial charge is 0.491 e. The van der Waals surface area contributed by atoms with E-state index >= 15 is 0 Å². The van der Waals surface area contributed by atoms with Gasteiger partial charge in [-0.15, -0.1) is 0 Å². The summed E-state index contributed by atoms with van der Waals surface area (Å²) in [5.74, 6) is 1.48. The summed E-state index contributed by atoms with van der Waals surface area (Å²) in [4.78, 5) is 0. The molecular weight excluding hydrogens is 232 g/mol. The molecule has 0 unspecified atom stereocenters. The fraction of sp³-hybridized carbons (Fsp3) is 0.538. The number of hydrogen-bond donors (Lipinski definition) is 2. The van der Waals surface area contributed by atoms with Gasteiger partial charge in [0.1, 0.15) is 23.8 Å². The lowest BCUT2D eigenvalue weighted by Crippen LogP contribution is -2.13. The number of methoxy groups -OCH3 is 1. The molecule has 0 aromatic heterocycles. The summed E-state index contributed by atoms with van der Waals surface area (Å²) in [5, 5.41) is 3.30. The molecule has 0 fully saturated rings. The molecule has 0 aliphatic carbocycles. The Bertz CT molecular complexity index is 396. The van der Waals surface area contributed by atoms with E-state index in [9.17, 15) is 0 Å². The number of rotatable bonds is 4. The highest BCUT2D eigenvalue weighted by atomic mass is 16.5. The van der Waals surface area contributed by atoms with Gasteiger partial charge in [-0.05, 0) is 12.8 Å². The van der Waals surface area contributed by atoms with Crippen LogP contribution in [0, 0.1) is 0 Å². The van der Waals surface area contributed by atoms with Crippen molar-refractivity contribution in [1.29, 1.82) is 0 Å². The summed E-state index contributed by atoms with van der Waals surface area (Å²) in [5.41, 5.74) is 7.54. The molecule has 0 radical (unpaired) electrons. The molecule has 0 atom stereocenters. The molecule has 18 heavy (non-hydrogen) atoms. The van der Waals surface area contributed by atoms with E-state index in [0.29, 0.717) is 24.7 Å². The minimum absolute atomic E-state index is 0.502.